The summed E-state index contributed by atoms with van der Waals surface area (Å²) in [6, 6.07) is 12.5. The van der Waals surface area contributed by atoms with E-state index in [9.17, 15) is 18.3 Å². The fourth-order valence-electron chi connectivity index (χ4n) is 3.90. The molecule has 12 heteroatoms. The molecule has 0 unspecified atom stereocenters. The molecule has 2 aromatic carbocycles. The maximum absolute atomic E-state index is 13.6. The Bertz CT molecular complexity index is 1660. The molecular formula is C25H23N5O6S. The maximum Gasteiger partial charge on any atom is 0.286 e. The van der Waals surface area contributed by atoms with Crippen LogP contribution in [0.2, 0.25) is 0 Å². The second-order valence-corrected chi connectivity index (χ2v) is 10.2. The van der Waals surface area contributed by atoms with Crippen LogP contribution in [-0.4, -0.2) is 37.1 Å². The Labute approximate surface area is 212 Å². The van der Waals surface area contributed by atoms with Gasteiger partial charge in [-0.15, -0.1) is 4.40 Å². The van der Waals surface area contributed by atoms with E-state index in [0.717, 1.165) is 0 Å². The summed E-state index contributed by atoms with van der Waals surface area (Å²) in [6.45, 7) is 3.85. The molecule has 190 valence electrons. The van der Waals surface area contributed by atoms with E-state index in [0.29, 0.717) is 24.2 Å². The van der Waals surface area contributed by atoms with Crippen LogP contribution in [0.1, 0.15) is 25.8 Å². The number of nitrogens with zero attached hydrogens (tertiary/aromatic N) is 4. The molecule has 2 heterocycles. The number of aromatic hydroxyl groups is 1. The fourth-order valence-corrected chi connectivity index (χ4v) is 5.04. The summed E-state index contributed by atoms with van der Waals surface area (Å²) in [5.74, 6) is -0.0665. The van der Waals surface area contributed by atoms with E-state index in [1.807, 2.05) is 19.9 Å². The first-order chi connectivity index (χ1) is 17.7. The SMILES string of the molecule is CC(C)CCn1c(=O)c(C2=NS(=O)(=O)c3cc(OCC#N)ccc3N2)c(O)c2cc(OCC#N)ccc21. The van der Waals surface area contributed by atoms with Crippen LogP contribution in [0.5, 0.6) is 17.2 Å². The summed E-state index contributed by atoms with van der Waals surface area (Å²) in [5, 5.41) is 31.8. The molecule has 0 saturated heterocycles. The van der Waals surface area contributed by atoms with Crippen LogP contribution in [-0.2, 0) is 16.6 Å². The molecule has 11 nitrogen and oxygen atoms in total. The van der Waals surface area contributed by atoms with Gasteiger partial charge in [-0.3, -0.25) is 4.79 Å². The second-order valence-electron chi connectivity index (χ2n) is 8.63. The van der Waals surface area contributed by atoms with Gasteiger partial charge in [-0.25, -0.2) is 0 Å². The lowest BCUT2D eigenvalue weighted by molar-refractivity contribution is 0.367. The van der Waals surface area contributed by atoms with E-state index < -0.39 is 21.3 Å². The number of anilines is 1. The molecule has 4 rings (SSSR count). The average molecular weight is 522 g/mol. The predicted octanol–water partition coefficient (Wildman–Crippen LogP) is 3.12. The molecule has 0 amide bonds. The zero-order valence-electron chi connectivity index (χ0n) is 20.1. The summed E-state index contributed by atoms with van der Waals surface area (Å²) in [7, 11) is -4.29. The zero-order chi connectivity index (χ0) is 26.7. The number of rotatable bonds is 8. The van der Waals surface area contributed by atoms with E-state index in [-0.39, 0.29) is 52.2 Å². The Hall–Kier alpha value is -4.55. The Kier molecular flexibility index (Phi) is 7.05. The molecule has 2 N–H and O–H groups in total. The number of aryl methyl sites for hydroxylation is 1. The first-order valence-corrected chi connectivity index (χ1v) is 12.8. The molecule has 37 heavy (non-hydrogen) atoms. The quantitative estimate of drug-likeness (QED) is 0.452. The van der Waals surface area contributed by atoms with Crippen molar-refractivity contribution in [2.45, 2.75) is 31.7 Å². The van der Waals surface area contributed by atoms with E-state index in [1.165, 1.54) is 28.8 Å². The van der Waals surface area contributed by atoms with Gasteiger partial charge in [0.1, 0.15) is 39.8 Å². The van der Waals surface area contributed by atoms with Gasteiger partial charge in [0.2, 0.25) is 0 Å². The molecule has 0 bridgehead atoms. The van der Waals surface area contributed by atoms with Gasteiger partial charge >= 0.3 is 0 Å². The summed E-state index contributed by atoms with van der Waals surface area (Å²) in [4.78, 5) is 13.4. The van der Waals surface area contributed by atoms with E-state index in [4.69, 9.17) is 20.0 Å². The second kappa shape index (κ2) is 10.2. The third kappa shape index (κ3) is 5.06. The van der Waals surface area contributed by atoms with Crippen LogP contribution in [0.4, 0.5) is 5.69 Å². The van der Waals surface area contributed by atoms with Crippen LogP contribution < -0.4 is 20.3 Å². The van der Waals surface area contributed by atoms with Crippen LogP contribution >= 0.6 is 0 Å². The molecule has 3 aromatic rings. The minimum absolute atomic E-state index is 0.132. The Morgan fingerprint density at radius 2 is 1.73 bits per heavy atom. The smallest absolute Gasteiger partial charge is 0.286 e. The molecule has 1 aliphatic heterocycles. The molecule has 0 radical (unpaired) electrons. The monoisotopic (exact) mass is 521 g/mol. The molecule has 0 aliphatic carbocycles. The molecule has 0 atom stereocenters. The number of nitriles is 2. The Morgan fingerprint density at radius 1 is 1.08 bits per heavy atom. The summed E-state index contributed by atoms with van der Waals surface area (Å²) >= 11 is 0. The highest BCUT2D eigenvalue weighted by atomic mass is 32.2. The number of aromatic nitrogens is 1. The van der Waals surface area contributed by atoms with Crippen molar-refractivity contribution in [2.75, 3.05) is 18.5 Å². The topological polar surface area (TPSA) is 167 Å². The van der Waals surface area contributed by atoms with Gasteiger partial charge in [0.15, 0.2) is 19.0 Å². The molecule has 0 fully saturated rings. The molecule has 0 saturated carbocycles. The third-order valence-electron chi connectivity index (χ3n) is 5.68. The van der Waals surface area contributed by atoms with Crippen molar-refractivity contribution in [2.24, 2.45) is 10.3 Å². The normalized spacial score (nSPS) is 13.7. The average Bonchev–Trinajstić information content (AvgIpc) is 2.86. The number of ether oxygens (including phenoxy) is 2. The van der Waals surface area contributed by atoms with Crippen molar-refractivity contribution in [1.82, 2.24) is 4.57 Å². The fraction of sp³-hybridized carbons (Fsp3) is 0.280. The first kappa shape index (κ1) is 25.5. The van der Waals surface area contributed by atoms with Crippen LogP contribution in [0.25, 0.3) is 10.9 Å². The number of hydrogen-bond acceptors (Lipinski definition) is 9. The van der Waals surface area contributed by atoms with E-state index >= 15 is 0 Å². The van der Waals surface area contributed by atoms with Crippen LogP contribution in [0, 0.1) is 28.6 Å². The number of benzene rings is 2. The van der Waals surface area contributed by atoms with Gasteiger partial charge in [0.05, 0.1) is 11.2 Å². The molecule has 1 aromatic heterocycles. The van der Waals surface area contributed by atoms with Gasteiger partial charge < -0.3 is 24.5 Å². The maximum atomic E-state index is 13.6. The lowest BCUT2D eigenvalue weighted by atomic mass is 10.1. The van der Waals surface area contributed by atoms with E-state index in [2.05, 4.69) is 9.71 Å². The van der Waals surface area contributed by atoms with Crippen molar-refractivity contribution in [3.05, 3.63) is 52.3 Å². The number of amidine groups is 1. The first-order valence-electron chi connectivity index (χ1n) is 11.3. The summed E-state index contributed by atoms with van der Waals surface area (Å²) in [6.07, 6.45) is 0.651. The summed E-state index contributed by atoms with van der Waals surface area (Å²) in [5.41, 5.74) is -0.369. The van der Waals surface area contributed by atoms with Gasteiger partial charge in [0.25, 0.3) is 15.6 Å². The van der Waals surface area contributed by atoms with Crippen molar-refractivity contribution in [1.29, 1.82) is 10.5 Å². The molecular weight excluding hydrogens is 498 g/mol. The van der Waals surface area contributed by atoms with Gasteiger partial charge in [-0.1, -0.05) is 13.8 Å². The summed E-state index contributed by atoms with van der Waals surface area (Å²) < 4.78 is 41.9. The number of pyridine rings is 1. The highest BCUT2D eigenvalue weighted by molar-refractivity contribution is 7.90. The Morgan fingerprint density at radius 3 is 2.38 bits per heavy atom. The standard InChI is InChI=1S/C25H23N5O6S/c1-15(2)7-10-30-20-6-4-16(35-11-8-26)13-18(20)23(31)22(25(30)32)24-28-19-5-3-17(36-12-9-27)14-21(19)37(33,34)29-24/h3-6,13-15,31H,7,10-12H2,1-2H3,(H,28,29). The van der Waals surface area contributed by atoms with Gasteiger partial charge in [-0.05, 0) is 42.7 Å². The minimum atomic E-state index is -4.29. The largest absolute Gasteiger partial charge is 0.506 e. The number of hydrogen-bond donors (Lipinski definition) is 2. The highest BCUT2D eigenvalue weighted by Crippen LogP contribution is 2.35. The van der Waals surface area contributed by atoms with Gasteiger partial charge in [-0.2, -0.15) is 18.9 Å². The predicted molar refractivity (Wildman–Crippen MR) is 135 cm³/mol. The van der Waals surface area contributed by atoms with Crippen molar-refractivity contribution < 1.29 is 23.0 Å². The van der Waals surface area contributed by atoms with E-state index in [1.54, 1.807) is 18.2 Å². The lowest BCUT2D eigenvalue weighted by Crippen LogP contribution is -2.33. The van der Waals surface area contributed by atoms with Crippen molar-refractivity contribution in [3.63, 3.8) is 0 Å². The minimum Gasteiger partial charge on any atom is -0.506 e. The number of nitrogens with one attached hydrogen (secondary N) is 1. The molecule has 0 spiro atoms. The van der Waals surface area contributed by atoms with Crippen LogP contribution in [0.15, 0.2) is 50.5 Å². The van der Waals surface area contributed by atoms with Gasteiger partial charge in [0, 0.05) is 18.0 Å². The highest BCUT2D eigenvalue weighted by Gasteiger charge is 2.30. The van der Waals surface area contributed by atoms with Crippen molar-refractivity contribution >= 4 is 32.4 Å². The zero-order valence-corrected chi connectivity index (χ0v) is 20.9. The third-order valence-corrected chi connectivity index (χ3v) is 7.00. The van der Waals surface area contributed by atoms with Crippen molar-refractivity contribution in [3.8, 4) is 29.4 Å². The Balaban J connectivity index is 1.90. The molecule has 1 aliphatic rings. The number of fused-ring (bicyclic) bond motifs is 2. The number of sulfonamides is 1. The lowest BCUT2D eigenvalue weighted by Gasteiger charge is -2.21. The van der Waals surface area contributed by atoms with Crippen LogP contribution in [0.3, 0.4) is 0 Å².